The van der Waals surface area contributed by atoms with E-state index in [-0.39, 0.29) is 18.4 Å². The SMILES string of the molecule is C[C@@H]1CCCN(C(=O)CSc2nc3ccccc3n2CC(=O)NC2CCCC2)C1. The van der Waals surface area contributed by atoms with Gasteiger partial charge in [-0.2, -0.15) is 0 Å². The van der Waals surface area contributed by atoms with Crippen molar-refractivity contribution in [3.63, 3.8) is 0 Å². The lowest BCUT2D eigenvalue weighted by atomic mass is 10.0. The van der Waals surface area contributed by atoms with Gasteiger partial charge in [0, 0.05) is 19.1 Å². The molecule has 0 radical (unpaired) electrons. The Morgan fingerprint density at radius 3 is 2.76 bits per heavy atom. The van der Waals surface area contributed by atoms with Crippen LogP contribution in [-0.2, 0) is 16.1 Å². The zero-order valence-corrected chi connectivity index (χ0v) is 17.9. The Morgan fingerprint density at radius 2 is 1.97 bits per heavy atom. The number of likely N-dealkylation sites (tertiary alicyclic amines) is 1. The number of amides is 2. The summed E-state index contributed by atoms with van der Waals surface area (Å²) in [5, 5.41) is 3.90. The van der Waals surface area contributed by atoms with Crippen molar-refractivity contribution < 1.29 is 9.59 Å². The van der Waals surface area contributed by atoms with Gasteiger partial charge in [0.1, 0.15) is 6.54 Å². The van der Waals surface area contributed by atoms with Crippen LogP contribution in [0.1, 0.15) is 45.4 Å². The molecule has 1 aromatic carbocycles. The van der Waals surface area contributed by atoms with Crippen molar-refractivity contribution in [2.75, 3.05) is 18.8 Å². The van der Waals surface area contributed by atoms with Crippen LogP contribution in [0.5, 0.6) is 0 Å². The Bertz CT molecular complexity index is 875. The summed E-state index contributed by atoms with van der Waals surface area (Å²) < 4.78 is 1.95. The van der Waals surface area contributed by atoms with Gasteiger partial charge in [-0.05, 0) is 43.7 Å². The standard InChI is InChI=1S/C22H30N4O2S/c1-16-7-6-12-25(13-16)21(28)15-29-22-24-18-10-4-5-11-19(18)26(22)14-20(27)23-17-8-2-3-9-17/h4-5,10-11,16-17H,2-3,6-9,12-15H2,1H3,(H,23,27)/t16-/m1/s1. The third-order valence-electron chi connectivity index (χ3n) is 5.98. The molecule has 2 fully saturated rings. The van der Waals surface area contributed by atoms with Crippen molar-refractivity contribution in [1.29, 1.82) is 0 Å². The number of rotatable bonds is 6. The number of nitrogens with zero attached hydrogens (tertiary/aromatic N) is 3. The average molecular weight is 415 g/mol. The quantitative estimate of drug-likeness (QED) is 0.735. The number of hydrogen-bond donors (Lipinski definition) is 1. The Hall–Kier alpha value is -2.02. The first-order valence-corrected chi connectivity index (χ1v) is 11.7. The van der Waals surface area contributed by atoms with E-state index in [0.29, 0.717) is 17.7 Å². The van der Waals surface area contributed by atoms with Crippen LogP contribution in [0.2, 0.25) is 0 Å². The molecule has 1 aromatic heterocycles. The minimum Gasteiger partial charge on any atom is -0.352 e. The molecule has 1 aliphatic carbocycles. The number of thioether (sulfide) groups is 1. The van der Waals surface area contributed by atoms with Crippen molar-refractivity contribution in [2.24, 2.45) is 5.92 Å². The molecule has 2 aliphatic rings. The molecule has 1 N–H and O–H groups in total. The molecule has 0 spiro atoms. The van der Waals surface area contributed by atoms with Gasteiger partial charge in [-0.25, -0.2) is 4.98 Å². The second-order valence-electron chi connectivity index (χ2n) is 8.39. The van der Waals surface area contributed by atoms with E-state index in [2.05, 4.69) is 12.2 Å². The van der Waals surface area contributed by atoms with Gasteiger partial charge < -0.3 is 14.8 Å². The smallest absolute Gasteiger partial charge is 0.240 e. The lowest BCUT2D eigenvalue weighted by Crippen LogP contribution is -2.40. The van der Waals surface area contributed by atoms with E-state index in [0.717, 1.165) is 48.5 Å². The van der Waals surface area contributed by atoms with Crippen LogP contribution in [0.4, 0.5) is 0 Å². The number of imidazole rings is 1. The first-order chi connectivity index (χ1) is 14.1. The van der Waals surface area contributed by atoms with Crippen molar-refractivity contribution in [3.8, 4) is 0 Å². The topological polar surface area (TPSA) is 67.2 Å². The molecule has 29 heavy (non-hydrogen) atoms. The molecule has 156 valence electrons. The Balaban J connectivity index is 1.45. The third-order valence-corrected chi connectivity index (χ3v) is 6.94. The molecule has 1 saturated heterocycles. The molecular weight excluding hydrogens is 384 g/mol. The summed E-state index contributed by atoms with van der Waals surface area (Å²) in [6.07, 6.45) is 6.80. The van der Waals surface area contributed by atoms with Crippen molar-refractivity contribution >= 4 is 34.6 Å². The maximum Gasteiger partial charge on any atom is 0.240 e. The van der Waals surface area contributed by atoms with Crippen LogP contribution in [-0.4, -0.2) is 51.1 Å². The summed E-state index contributed by atoms with van der Waals surface area (Å²) in [5.41, 5.74) is 1.80. The van der Waals surface area contributed by atoms with Gasteiger partial charge in [0.15, 0.2) is 5.16 Å². The van der Waals surface area contributed by atoms with E-state index in [4.69, 9.17) is 4.98 Å². The maximum atomic E-state index is 12.7. The van der Waals surface area contributed by atoms with E-state index >= 15 is 0 Å². The second-order valence-corrected chi connectivity index (χ2v) is 9.34. The summed E-state index contributed by atoms with van der Waals surface area (Å²) >= 11 is 1.44. The van der Waals surface area contributed by atoms with Crippen LogP contribution in [0.15, 0.2) is 29.4 Å². The number of aromatic nitrogens is 2. The van der Waals surface area contributed by atoms with Crippen molar-refractivity contribution in [3.05, 3.63) is 24.3 Å². The largest absolute Gasteiger partial charge is 0.352 e. The summed E-state index contributed by atoms with van der Waals surface area (Å²) in [7, 11) is 0. The molecule has 6 nitrogen and oxygen atoms in total. The predicted octanol–water partition coefficient (Wildman–Crippen LogP) is 3.45. The van der Waals surface area contributed by atoms with E-state index in [1.165, 1.54) is 31.0 Å². The first kappa shape index (κ1) is 20.3. The molecule has 2 heterocycles. The highest BCUT2D eigenvalue weighted by Crippen LogP contribution is 2.25. The van der Waals surface area contributed by atoms with Gasteiger partial charge in [-0.3, -0.25) is 9.59 Å². The highest BCUT2D eigenvalue weighted by atomic mass is 32.2. The highest BCUT2D eigenvalue weighted by molar-refractivity contribution is 7.99. The molecule has 2 amide bonds. The van der Waals surface area contributed by atoms with Gasteiger partial charge in [0.25, 0.3) is 0 Å². The van der Waals surface area contributed by atoms with Gasteiger partial charge in [0.05, 0.1) is 16.8 Å². The minimum atomic E-state index is 0.0260. The predicted molar refractivity (Wildman–Crippen MR) is 116 cm³/mol. The molecule has 2 aromatic rings. The number of benzene rings is 1. The zero-order valence-electron chi connectivity index (χ0n) is 17.1. The number of carbonyl (C=O) groups excluding carboxylic acids is 2. The zero-order chi connectivity index (χ0) is 20.2. The molecular formula is C22H30N4O2S. The number of hydrogen-bond acceptors (Lipinski definition) is 4. The lowest BCUT2D eigenvalue weighted by molar-refractivity contribution is -0.130. The molecule has 7 heteroatoms. The normalized spacial score (nSPS) is 20.3. The number of piperidine rings is 1. The van der Waals surface area contributed by atoms with Gasteiger partial charge in [-0.1, -0.05) is 43.7 Å². The van der Waals surface area contributed by atoms with E-state index in [9.17, 15) is 9.59 Å². The van der Waals surface area contributed by atoms with E-state index in [1.54, 1.807) is 0 Å². The van der Waals surface area contributed by atoms with Gasteiger partial charge >= 0.3 is 0 Å². The summed E-state index contributed by atoms with van der Waals surface area (Å²) in [5.74, 6) is 1.12. The van der Waals surface area contributed by atoms with Crippen LogP contribution in [0.3, 0.4) is 0 Å². The Morgan fingerprint density at radius 1 is 1.17 bits per heavy atom. The number of fused-ring (bicyclic) bond motifs is 1. The molecule has 0 bridgehead atoms. The maximum absolute atomic E-state index is 12.7. The Kier molecular flexibility index (Phi) is 6.43. The molecule has 1 saturated carbocycles. The summed E-state index contributed by atoms with van der Waals surface area (Å²) in [6.45, 7) is 4.15. The fourth-order valence-corrected chi connectivity index (χ4v) is 5.35. The summed E-state index contributed by atoms with van der Waals surface area (Å²) in [4.78, 5) is 32.0. The third kappa shape index (κ3) is 4.94. The fourth-order valence-electron chi connectivity index (χ4n) is 4.44. The summed E-state index contributed by atoms with van der Waals surface area (Å²) in [6, 6.07) is 8.16. The van der Waals surface area contributed by atoms with Crippen LogP contribution >= 0.6 is 11.8 Å². The molecule has 1 aliphatic heterocycles. The van der Waals surface area contributed by atoms with Gasteiger partial charge in [-0.15, -0.1) is 0 Å². The Labute approximate surface area is 176 Å². The highest BCUT2D eigenvalue weighted by Gasteiger charge is 2.23. The first-order valence-electron chi connectivity index (χ1n) is 10.8. The second kappa shape index (κ2) is 9.20. The molecule has 0 unspecified atom stereocenters. The molecule has 4 rings (SSSR count). The van der Waals surface area contributed by atoms with Crippen LogP contribution in [0, 0.1) is 5.92 Å². The lowest BCUT2D eigenvalue weighted by Gasteiger charge is -2.30. The van der Waals surface area contributed by atoms with Crippen molar-refractivity contribution in [1.82, 2.24) is 19.8 Å². The van der Waals surface area contributed by atoms with Gasteiger partial charge in [0.2, 0.25) is 11.8 Å². The van der Waals surface area contributed by atoms with Crippen LogP contribution < -0.4 is 5.32 Å². The number of carbonyl (C=O) groups is 2. The van der Waals surface area contributed by atoms with Crippen LogP contribution in [0.25, 0.3) is 11.0 Å². The monoisotopic (exact) mass is 414 g/mol. The van der Waals surface area contributed by atoms with Crippen molar-refractivity contribution in [2.45, 2.75) is 63.2 Å². The van der Waals surface area contributed by atoms with E-state index in [1.807, 2.05) is 33.7 Å². The minimum absolute atomic E-state index is 0.0260. The number of nitrogens with one attached hydrogen (secondary N) is 1. The molecule has 1 atom stereocenters. The average Bonchev–Trinajstić information content (AvgIpc) is 3.34. The fraction of sp³-hybridized carbons (Fsp3) is 0.591. The van der Waals surface area contributed by atoms with E-state index < -0.39 is 0 Å². The number of para-hydroxylation sites is 2.